The first-order valence-corrected chi connectivity index (χ1v) is 5.22. The van der Waals surface area contributed by atoms with Gasteiger partial charge in [-0.1, -0.05) is 0 Å². The number of H-pyrrole nitrogens is 1. The minimum Gasteiger partial charge on any atom is -0.396 e. The molecular formula is C11H18N2O2. The Hall–Kier alpha value is -1.29. The summed E-state index contributed by atoms with van der Waals surface area (Å²) >= 11 is 0. The van der Waals surface area contributed by atoms with Gasteiger partial charge in [-0.15, -0.1) is 0 Å². The second-order valence-electron chi connectivity index (χ2n) is 3.75. The summed E-state index contributed by atoms with van der Waals surface area (Å²) in [6.07, 6.45) is 2.35. The fraction of sp³-hybridized carbons (Fsp3) is 0.545. The Balaban J connectivity index is 2.67. The monoisotopic (exact) mass is 210 g/mol. The van der Waals surface area contributed by atoms with E-state index in [0.29, 0.717) is 18.7 Å². The number of aromatic amines is 1. The number of amides is 1. The Morgan fingerprint density at radius 1 is 1.60 bits per heavy atom. The first-order valence-electron chi connectivity index (χ1n) is 5.22. The molecule has 1 aromatic rings. The molecule has 0 atom stereocenters. The predicted molar refractivity (Wildman–Crippen MR) is 58.7 cm³/mol. The summed E-state index contributed by atoms with van der Waals surface area (Å²) < 4.78 is 0. The van der Waals surface area contributed by atoms with Gasteiger partial charge in [0.2, 0.25) is 0 Å². The molecule has 0 fully saturated rings. The lowest BCUT2D eigenvalue weighted by Gasteiger charge is -2.26. The van der Waals surface area contributed by atoms with Gasteiger partial charge in [0.15, 0.2) is 0 Å². The number of aliphatic hydroxyl groups excluding tert-OH is 1. The molecule has 1 aromatic heterocycles. The summed E-state index contributed by atoms with van der Waals surface area (Å²) in [5.41, 5.74) is 0.599. The smallest absolute Gasteiger partial charge is 0.270 e. The van der Waals surface area contributed by atoms with Gasteiger partial charge >= 0.3 is 0 Å². The van der Waals surface area contributed by atoms with Crippen molar-refractivity contribution >= 4 is 5.91 Å². The van der Waals surface area contributed by atoms with E-state index in [0.717, 1.165) is 0 Å². The van der Waals surface area contributed by atoms with E-state index < -0.39 is 0 Å². The molecule has 0 spiro atoms. The van der Waals surface area contributed by atoms with Crippen LogP contribution in [0.15, 0.2) is 18.3 Å². The molecule has 0 radical (unpaired) electrons. The van der Waals surface area contributed by atoms with Crippen molar-refractivity contribution in [1.29, 1.82) is 0 Å². The minimum atomic E-state index is -0.0107. The van der Waals surface area contributed by atoms with Gasteiger partial charge in [0.25, 0.3) is 5.91 Å². The lowest BCUT2D eigenvalue weighted by molar-refractivity contribution is 0.0688. The number of nitrogens with zero attached hydrogens (tertiary/aromatic N) is 1. The Labute approximate surface area is 89.9 Å². The summed E-state index contributed by atoms with van der Waals surface area (Å²) in [5.74, 6) is -0.0107. The summed E-state index contributed by atoms with van der Waals surface area (Å²) in [6, 6.07) is 3.71. The molecule has 0 saturated heterocycles. The Morgan fingerprint density at radius 2 is 2.33 bits per heavy atom. The van der Waals surface area contributed by atoms with E-state index in [1.165, 1.54) is 0 Å². The van der Waals surface area contributed by atoms with Crippen LogP contribution in [-0.4, -0.2) is 40.1 Å². The predicted octanol–water partition coefficient (Wildman–Crippen LogP) is 1.25. The van der Waals surface area contributed by atoms with Crippen LogP contribution in [0, 0.1) is 0 Å². The molecule has 2 N–H and O–H groups in total. The number of nitrogens with one attached hydrogen (secondary N) is 1. The van der Waals surface area contributed by atoms with E-state index in [1.807, 2.05) is 13.8 Å². The van der Waals surface area contributed by atoms with Gasteiger partial charge in [-0.2, -0.15) is 0 Å². The molecule has 4 heteroatoms. The maximum atomic E-state index is 12.0. The summed E-state index contributed by atoms with van der Waals surface area (Å²) in [6.45, 7) is 4.64. The lowest BCUT2D eigenvalue weighted by Crippen LogP contribution is -2.38. The molecule has 1 rings (SSSR count). The number of rotatable bonds is 5. The summed E-state index contributed by atoms with van der Waals surface area (Å²) in [4.78, 5) is 16.6. The van der Waals surface area contributed by atoms with E-state index in [9.17, 15) is 4.79 Å². The van der Waals surface area contributed by atoms with Crippen molar-refractivity contribution < 1.29 is 9.90 Å². The first-order chi connectivity index (χ1) is 7.16. The zero-order valence-corrected chi connectivity index (χ0v) is 9.23. The third kappa shape index (κ3) is 3.09. The third-order valence-corrected chi connectivity index (χ3v) is 2.27. The van der Waals surface area contributed by atoms with Crippen molar-refractivity contribution in [1.82, 2.24) is 9.88 Å². The molecule has 0 saturated carbocycles. The number of carbonyl (C=O) groups excluding carboxylic acids is 1. The number of hydrogen-bond acceptors (Lipinski definition) is 2. The Morgan fingerprint density at radius 3 is 2.80 bits per heavy atom. The number of aliphatic hydroxyl groups is 1. The van der Waals surface area contributed by atoms with E-state index in [4.69, 9.17) is 5.11 Å². The molecule has 15 heavy (non-hydrogen) atoms. The normalized spacial score (nSPS) is 10.7. The van der Waals surface area contributed by atoms with Crippen LogP contribution in [0.4, 0.5) is 0 Å². The van der Waals surface area contributed by atoms with Crippen LogP contribution in [0.5, 0.6) is 0 Å². The first kappa shape index (κ1) is 11.8. The Kier molecular flexibility index (Phi) is 4.37. The highest BCUT2D eigenvalue weighted by Gasteiger charge is 2.18. The number of aromatic nitrogens is 1. The maximum Gasteiger partial charge on any atom is 0.270 e. The summed E-state index contributed by atoms with van der Waals surface area (Å²) in [7, 11) is 0. The standard InChI is InChI=1S/C11H18N2O2/c1-9(2)13(7-4-8-14)11(15)10-5-3-6-12-10/h3,5-6,9,12,14H,4,7-8H2,1-2H3. The second-order valence-corrected chi connectivity index (χ2v) is 3.75. The highest BCUT2D eigenvalue weighted by Crippen LogP contribution is 2.07. The van der Waals surface area contributed by atoms with Crippen molar-refractivity contribution in [2.75, 3.05) is 13.2 Å². The van der Waals surface area contributed by atoms with Gasteiger partial charge in [0, 0.05) is 25.4 Å². The van der Waals surface area contributed by atoms with Gasteiger partial charge in [0.1, 0.15) is 5.69 Å². The number of carbonyl (C=O) groups is 1. The molecule has 0 aliphatic carbocycles. The molecule has 0 aliphatic rings. The van der Waals surface area contributed by atoms with Crippen LogP contribution in [0.3, 0.4) is 0 Å². The zero-order chi connectivity index (χ0) is 11.3. The second kappa shape index (κ2) is 5.56. The molecule has 1 amide bonds. The highest BCUT2D eigenvalue weighted by atomic mass is 16.3. The molecule has 84 valence electrons. The molecule has 0 unspecified atom stereocenters. The summed E-state index contributed by atoms with van der Waals surface area (Å²) in [5, 5.41) is 8.76. The average Bonchev–Trinajstić information content (AvgIpc) is 2.70. The topological polar surface area (TPSA) is 56.3 Å². The van der Waals surface area contributed by atoms with Crippen molar-refractivity contribution in [3.63, 3.8) is 0 Å². The van der Waals surface area contributed by atoms with Gasteiger partial charge in [-0.05, 0) is 32.4 Å². The van der Waals surface area contributed by atoms with Gasteiger partial charge < -0.3 is 15.0 Å². The fourth-order valence-electron chi connectivity index (χ4n) is 1.45. The van der Waals surface area contributed by atoms with Crippen LogP contribution < -0.4 is 0 Å². The quantitative estimate of drug-likeness (QED) is 0.768. The molecule has 0 bridgehead atoms. The number of hydrogen-bond donors (Lipinski definition) is 2. The lowest BCUT2D eigenvalue weighted by atomic mass is 10.2. The van der Waals surface area contributed by atoms with Crippen molar-refractivity contribution in [3.8, 4) is 0 Å². The Bertz CT molecular complexity index is 294. The zero-order valence-electron chi connectivity index (χ0n) is 9.23. The highest BCUT2D eigenvalue weighted by molar-refractivity contribution is 5.92. The fourth-order valence-corrected chi connectivity index (χ4v) is 1.45. The van der Waals surface area contributed by atoms with Crippen LogP contribution in [-0.2, 0) is 0 Å². The van der Waals surface area contributed by atoms with E-state index in [2.05, 4.69) is 4.98 Å². The molecule has 4 nitrogen and oxygen atoms in total. The minimum absolute atomic E-state index is 0.0107. The largest absolute Gasteiger partial charge is 0.396 e. The van der Waals surface area contributed by atoms with E-state index in [1.54, 1.807) is 23.2 Å². The van der Waals surface area contributed by atoms with Gasteiger partial charge in [-0.3, -0.25) is 4.79 Å². The van der Waals surface area contributed by atoms with Crippen LogP contribution in [0.25, 0.3) is 0 Å². The maximum absolute atomic E-state index is 12.0. The van der Waals surface area contributed by atoms with E-state index >= 15 is 0 Å². The van der Waals surface area contributed by atoms with Gasteiger partial charge in [0.05, 0.1) is 0 Å². The molecular weight excluding hydrogens is 192 g/mol. The van der Waals surface area contributed by atoms with Crippen LogP contribution >= 0.6 is 0 Å². The third-order valence-electron chi connectivity index (χ3n) is 2.27. The van der Waals surface area contributed by atoms with Crippen molar-refractivity contribution in [2.24, 2.45) is 0 Å². The average molecular weight is 210 g/mol. The molecule has 0 aromatic carbocycles. The van der Waals surface area contributed by atoms with Crippen LogP contribution in [0.1, 0.15) is 30.8 Å². The van der Waals surface area contributed by atoms with Crippen molar-refractivity contribution in [3.05, 3.63) is 24.0 Å². The van der Waals surface area contributed by atoms with Crippen molar-refractivity contribution in [2.45, 2.75) is 26.3 Å². The van der Waals surface area contributed by atoms with E-state index in [-0.39, 0.29) is 18.6 Å². The van der Waals surface area contributed by atoms with Crippen LogP contribution in [0.2, 0.25) is 0 Å². The molecule has 1 heterocycles. The molecule has 0 aliphatic heterocycles. The SMILES string of the molecule is CC(C)N(CCCO)C(=O)c1ccc[nH]1. The van der Waals surface area contributed by atoms with Gasteiger partial charge in [-0.25, -0.2) is 0 Å².